The molecule has 2 aromatic carbocycles. The Morgan fingerprint density at radius 3 is 2.54 bits per heavy atom. The van der Waals surface area contributed by atoms with E-state index in [-0.39, 0.29) is 17.7 Å². The van der Waals surface area contributed by atoms with Crippen molar-refractivity contribution in [3.63, 3.8) is 0 Å². The average molecular weight is 379 g/mol. The fourth-order valence-corrected chi connectivity index (χ4v) is 2.96. The fourth-order valence-electron chi connectivity index (χ4n) is 2.96. The van der Waals surface area contributed by atoms with Crippen LogP contribution in [0, 0.1) is 0 Å². The topological polar surface area (TPSA) is 77.2 Å². The van der Waals surface area contributed by atoms with Crippen molar-refractivity contribution in [3.05, 3.63) is 60.0 Å². The van der Waals surface area contributed by atoms with Crippen LogP contribution in [0.1, 0.15) is 38.6 Å². The van der Waals surface area contributed by atoms with E-state index in [2.05, 4.69) is 36.3 Å². The molecule has 0 bridgehead atoms. The number of rotatable bonds is 6. The summed E-state index contributed by atoms with van der Waals surface area (Å²) in [4.78, 5) is 12.4. The molecule has 6 heteroatoms. The summed E-state index contributed by atoms with van der Waals surface area (Å²) in [5.74, 6) is 1.37. The number of amides is 1. The van der Waals surface area contributed by atoms with Crippen molar-refractivity contribution in [3.8, 4) is 17.2 Å². The Morgan fingerprint density at radius 1 is 1.07 bits per heavy atom. The number of carbonyl (C=O) groups excluding carboxylic acids is 1. The summed E-state index contributed by atoms with van der Waals surface area (Å²) in [6, 6.07) is 15.3. The minimum atomic E-state index is -0.0891. The normalized spacial score (nSPS) is 11.3. The first-order chi connectivity index (χ1) is 13.4. The summed E-state index contributed by atoms with van der Waals surface area (Å²) in [6.45, 7) is 6.36. The minimum absolute atomic E-state index is 0.0556. The molecule has 0 saturated carbocycles. The number of hydrogen-bond donors (Lipinski definition) is 1. The lowest BCUT2D eigenvalue weighted by Crippen LogP contribution is -2.18. The Kier molecular flexibility index (Phi) is 5.78. The van der Waals surface area contributed by atoms with E-state index in [1.807, 2.05) is 48.5 Å². The Bertz CT molecular complexity index is 957. The number of nitrogens with one attached hydrogen (secondary N) is 1. The predicted octanol–water partition coefficient (Wildman–Crippen LogP) is 4.61. The molecule has 0 spiro atoms. The zero-order valence-electron chi connectivity index (χ0n) is 16.7. The number of para-hydroxylation sites is 2. The molecule has 1 heterocycles. The largest absolute Gasteiger partial charge is 0.496 e. The number of aromatic nitrogens is 2. The summed E-state index contributed by atoms with van der Waals surface area (Å²) in [7, 11) is 1.59. The molecule has 0 aliphatic heterocycles. The minimum Gasteiger partial charge on any atom is -0.496 e. The number of carbonyl (C=O) groups is 1. The monoisotopic (exact) mass is 379 g/mol. The molecular weight excluding hydrogens is 354 g/mol. The number of benzene rings is 2. The van der Waals surface area contributed by atoms with Gasteiger partial charge >= 0.3 is 0 Å². The molecule has 0 radical (unpaired) electrons. The summed E-state index contributed by atoms with van der Waals surface area (Å²) in [5.41, 5.74) is 2.60. The van der Waals surface area contributed by atoms with E-state index in [1.54, 1.807) is 7.11 Å². The molecule has 0 unspecified atom stereocenters. The van der Waals surface area contributed by atoms with E-state index < -0.39 is 0 Å². The van der Waals surface area contributed by atoms with Crippen LogP contribution in [0.2, 0.25) is 0 Å². The van der Waals surface area contributed by atoms with Crippen LogP contribution in [0.4, 0.5) is 5.69 Å². The van der Waals surface area contributed by atoms with Crippen molar-refractivity contribution >= 4 is 11.6 Å². The van der Waals surface area contributed by atoms with E-state index in [0.717, 1.165) is 16.8 Å². The van der Waals surface area contributed by atoms with Gasteiger partial charge in [0, 0.05) is 18.5 Å². The Labute approximate surface area is 164 Å². The molecule has 0 saturated heterocycles. The van der Waals surface area contributed by atoms with Crippen LogP contribution < -0.4 is 10.1 Å². The van der Waals surface area contributed by atoms with Crippen LogP contribution in [-0.2, 0) is 16.6 Å². The molecule has 0 fully saturated rings. The Hall–Kier alpha value is -3.15. The molecule has 3 aromatic rings. The maximum Gasteiger partial charge on any atom is 0.251 e. The van der Waals surface area contributed by atoms with Gasteiger partial charge in [-0.2, -0.15) is 0 Å². The number of anilines is 1. The van der Waals surface area contributed by atoms with Gasteiger partial charge in [-0.1, -0.05) is 51.1 Å². The highest BCUT2D eigenvalue weighted by Crippen LogP contribution is 2.30. The zero-order valence-corrected chi connectivity index (χ0v) is 16.7. The van der Waals surface area contributed by atoms with E-state index in [0.29, 0.717) is 24.0 Å². The van der Waals surface area contributed by atoms with Crippen molar-refractivity contribution in [2.45, 2.75) is 39.0 Å². The maximum absolute atomic E-state index is 12.4. The summed E-state index contributed by atoms with van der Waals surface area (Å²) < 4.78 is 11.0. The van der Waals surface area contributed by atoms with Gasteiger partial charge in [-0.3, -0.25) is 4.79 Å². The molecule has 6 nitrogen and oxygen atoms in total. The van der Waals surface area contributed by atoms with Crippen LogP contribution in [0.15, 0.2) is 52.9 Å². The second-order valence-corrected chi connectivity index (χ2v) is 7.54. The van der Waals surface area contributed by atoms with Crippen LogP contribution in [-0.4, -0.2) is 23.2 Å². The third kappa shape index (κ3) is 4.57. The van der Waals surface area contributed by atoms with Gasteiger partial charge in [-0.05, 0) is 29.2 Å². The Morgan fingerprint density at radius 2 is 1.79 bits per heavy atom. The molecule has 0 aliphatic carbocycles. The second-order valence-electron chi connectivity index (χ2n) is 7.54. The van der Waals surface area contributed by atoms with Gasteiger partial charge in [0.25, 0.3) is 5.89 Å². The Balaban J connectivity index is 1.64. The summed E-state index contributed by atoms with van der Waals surface area (Å²) >= 11 is 0. The van der Waals surface area contributed by atoms with Gasteiger partial charge in [0.2, 0.25) is 11.8 Å². The van der Waals surface area contributed by atoms with Crippen molar-refractivity contribution < 1.29 is 13.9 Å². The second kappa shape index (κ2) is 8.25. The molecule has 28 heavy (non-hydrogen) atoms. The van der Waals surface area contributed by atoms with Crippen molar-refractivity contribution in [1.82, 2.24) is 10.2 Å². The van der Waals surface area contributed by atoms with E-state index in [1.165, 1.54) is 0 Å². The standard InChI is InChI=1S/C22H25N3O3/c1-22(2,3)16-10-6-7-11-17(16)23-19(26)13-14-20-24-25-21(28-20)15-9-5-8-12-18(15)27-4/h5-12H,13-14H2,1-4H3,(H,23,26). The lowest BCUT2D eigenvalue weighted by molar-refractivity contribution is -0.116. The quantitative estimate of drug-likeness (QED) is 0.676. The average Bonchev–Trinajstić information content (AvgIpc) is 3.15. The van der Waals surface area contributed by atoms with Gasteiger partial charge < -0.3 is 14.5 Å². The lowest BCUT2D eigenvalue weighted by Gasteiger charge is -2.22. The van der Waals surface area contributed by atoms with Crippen molar-refractivity contribution in [1.29, 1.82) is 0 Å². The zero-order chi connectivity index (χ0) is 20.1. The third-order valence-corrected chi connectivity index (χ3v) is 4.38. The highest BCUT2D eigenvalue weighted by Gasteiger charge is 2.19. The molecule has 1 N–H and O–H groups in total. The summed E-state index contributed by atoms with van der Waals surface area (Å²) in [5, 5.41) is 11.1. The third-order valence-electron chi connectivity index (χ3n) is 4.38. The van der Waals surface area contributed by atoms with E-state index in [9.17, 15) is 4.79 Å². The first kappa shape index (κ1) is 19.6. The molecule has 3 rings (SSSR count). The summed E-state index contributed by atoms with van der Waals surface area (Å²) in [6.07, 6.45) is 0.623. The number of hydrogen-bond acceptors (Lipinski definition) is 5. The van der Waals surface area contributed by atoms with E-state index in [4.69, 9.17) is 9.15 Å². The van der Waals surface area contributed by atoms with Gasteiger partial charge in [-0.25, -0.2) is 0 Å². The predicted molar refractivity (Wildman–Crippen MR) is 108 cm³/mol. The van der Waals surface area contributed by atoms with Crippen molar-refractivity contribution in [2.24, 2.45) is 0 Å². The first-order valence-electron chi connectivity index (χ1n) is 9.23. The molecule has 1 aromatic heterocycles. The van der Waals surface area contributed by atoms with Gasteiger partial charge in [-0.15, -0.1) is 10.2 Å². The number of aryl methyl sites for hydroxylation is 1. The smallest absolute Gasteiger partial charge is 0.251 e. The van der Waals surface area contributed by atoms with Crippen LogP contribution in [0.5, 0.6) is 5.75 Å². The number of methoxy groups -OCH3 is 1. The van der Waals surface area contributed by atoms with Crippen LogP contribution in [0.3, 0.4) is 0 Å². The highest BCUT2D eigenvalue weighted by molar-refractivity contribution is 5.91. The first-order valence-corrected chi connectivity index (χ1v) is 9.23. The fraction of sp³-hybridized carbons (Fsp3) is 0.318. The number of ether oxygens (including phenoxy) is 1. The molecule has 146 valence electrons. The van der Waals surface area contributed by atoms with Crippen LogP contribution >= 0.6 is 0 Å². The lowest BCUT2D eigenvalue weighted by atomic mass is 9.86. The number of nitrogens with zero attached hydrogens (tertiary/aromatic N) is 2. The molecule has 0 atom stereocenters. The van der Waals surface area contributed by atoms with Gasteiger partial charge in [0.1, 0.15) is 5.75 Å². The maximum atomic E-state index is 12.4. The van der Waals surface area contributed by atoms with Crippen molar-refractivity contribution in [2.75, 3.05) is 12.4 Å². The highest BCUT2D eigenvalue weighted by atomic mass is 16.5. The molecule has 0 aliphatic rings. The molecule has 1 amide bonds. The van der Waals surface area contributed by atoms with Gasteiger partial charge in [0.05, 0.1) is 12.7 Å². The van der Waals surface area contributed by atoms with Crippen LogP contribution in [0.25, 0.3) is 11.5 Å². The van der Waals surface area contributed by atoms with E-state index >= 15 is 0 Å². The SMILES string of the molecule is COc1ccccc1-c1nnc(CCC(=O)Nc2ccccc2C(C)(C)C)o1. The van der Waals surface area contributed by atoms with Gasteiger partial charge in [0.15, 0.2) is 0 Å². The molecular formula is C22H25N3O3.